The number of ether oxygens (including phenoxy) is 1. The summed E-state index contributed by atoms with van der Waals surface area (Å²) in [5.74, 6) is 1.17. The molecule has 132 valence electrons. The number of benzene rings is 1. The summed E-state index contributed by atoms with van der Waals surface area (Å²) in [6.45, 7) is 2.15. The van der Waals surface area contributed by atoms with E-state index in [9.17, 15) is 4.79 Å². The number of amides is 1. The molecule has 1 aromatic carbocycles. The lowest BCUT2D eigenvalue weighted by Gasteiger charge is -2.20. The SMILES string of the molecule is O=C(CCOc1cccc(Cl)c1Cl)Nc1cccnc1N1CCCC1. The summed E-state index contributed by atoms with van der Waals surface area (Å²) < 4.78 is 5.55. The molecule has 0 unspecified atom stereocenters. The molecular formula is C18H19Cl2N3O2. The molecule has 0 radical (unpaired) electrons. The molecule has 1 amide bonds. The van der Waals surface area contributed by atoms with Crippen molar-refractivity contribution in [2.24, 2.45) is 0 Å². The van der Waals surface area contributed by atoms with Crippen molar-refractivity contribution < 1.29 is 9.53 Å². The minimum atomic E-state index is -0.133. The van der Waals surface area contributed by atoms with E-state index in [-0.39, 0.29) is 18.9 Å². The monoisotopic (exact) mass is 379 g/mol. The van der Waals surface area contributed by atoms with Crippen LogP contribution < -0.4 is 15.0 Å². The lowest BCUT2D eigenvalue weighted by Crippen LogP contribution is -2.22. The molecule has 0 atom stereocenters. The second-order valence-electron chi connectivity index (χ2n) is 5.77. The summed E-state index contributed by atoms with van der Waals surface area (Å²) in [5, 5.41) is 3.70. The van der Waals surface area contributed by atoms with Crippen molar-refractivity contribution in [2.75, 3.05) is 29.9 Å². The Labute approximate surface area is 156 Å². The van der Waals surface area contributed by atoms with Gasteiger partial charge < -0.3 is 15.0 Å². The van der Waals surface area contributed by atoms with Crippen LogP contribution in [0, 0.1) is 0 Å². The summed E-state index contributed by atoms with van der Waals surface area (Å²) in [6, 6.07) is 8.84. The Morgan fingerprint density at radius 2 is 2.00 bits per heavy atom. The van der Waals surface area contributed by atoms with E-state index >= 15 is 0 Å². The maximum absolute atomic E-state index is 12.2. The largest absolute Gasteiger partial charge is 0.491 e. The summed E-state index contributed by atoms with van der Waals surface area (Å²) >= 11 is 12.0. The van der Waals surface area contributed by atoms with Crippen molar-refractivity contribution in [3.8, 4) is 5.75 Å². The summed E-state index contributed by atoms with van der Waals surface area (Å²) in [4.78, 5) is 18.8. The van der Waals surface area contributed by atoms with E-state index in [0.29, 0.717) is 15.8 Å². The van der Waals surface area contributed by atoms with Crippen molar-refractivity contribution in [2.45, 2.75) is 19.3 Å². The lowest BCUT2D eigenvalue weighted by molar-refractivity contribution is -0.116. The standard InChI is InChI=1S/C18H19Cl2N3O2/c19-13-5-3-7-15(17(13)20)25-12-8-16(24)22-14-6-4-9-21-18(14)23-10-1-2-11-23/h3-7,9H,1-2,8,10-12H2,(H,22,24). The van der Waals surface area contributed by atoms with Gasteiger partial charge in [0.05, 0.1) is 23.7 Å². The van der Waals surface area contributed by atoms with Gasteiger partial charge in [-0.2, -0.15) is 0 Å². The molecule has 1 saturated heterocycles. The lowest BCUT2D eigenvalue weighted by atomic mass is 10.3. The Bertz CT molecular complexity index is 749. The number of hydrogen-bond donors (Lipinski definition) is 1. The van der Waals surface area contributed by atoms with Crippen LogP contribution in [-0.4, -0.2) is 30.6 Å². The van der Waals surface area contributed by atoms with Crippen molar-refractivity contribution >= 4 is 40.6 Å². The van der Waals surface area contributed by atoms with E-state index in [0.717, 1.165) is 37.4 Å². The van der Waals surface area contributed by atoms with Gasteiger partial charge in [0.15, 0.2) is 5.82 Å². The second-order valence-corrected chi connectivity index (χ2v) is 6.55. The number of pyridine rings is 1. The Balaban J connectivity index is 1.55. The van der Waals surface area contributed by atoms with E-state index in [4.69, 9.17) is 27.9 Å². The number of rotatable bonds is 6. The highest BCUT2D eigenvalue weighted by molar-refractivity contribution is 6.42. The molecule has 1 aliphatic heterocycles. The van der Waals surface area contributed by atoms with Gasteiger partial charge in [-0.1, -0.05) is 29.3 Å². The first-order valence-electron chi connectivity index (χ1n) is 8.22. The molecule has 7 heteroatoms. The van der Waals surface area contributed by atoms with Crippen LogP contribution in [0.4, 0.5) is 11.5 Å². The topological polar surface area (TPSA) is 54.5 Å². The number of nitrogens with zero attached hydrogens (tertiary/aromatic N) is 2. The number of anilines is 2. The fourth-order valence-corrected chi connectivity index (χ4v) is 3.08. The highest BCUT2D eigenvalue weighted by atomic mass is 35.5. The summed E-state index contributed by atoms with van der Waals surface area (Å²) in [6.07, 6.45) is 4.25. The first-order valence-corrected chi connectivity index (χ1v) is 8.97. The quantitative estimate of drug-likeness (QED) is 0.807. The van der Waals surface area contributed by atoms with Crippen molar-refractivity contribution in [3.05, 3.63) is 46.6 Å². The third-order valence-corrected chi connectivity index (χ3v) is 4.77. The predicted molar refractivity (Wildman–Crippen MR) is 101 cm³/mol. The third kappa shape index (κ3) is 4.55. The van der Waals surface area contributed by atoms with E-state index in [1.165, 1.54) is 0 Å². The van der Waals surface area contributed by atoms with E-state index in [2.05, 4.69) is 15.2 Å². The van der Waals surface area contributed by atoms with Gasteiger partial charge in [-0.05, 0) is 37.1 Å². The molecule has 0 spiro atoms. The smallest absolute Gasteiger partial charge is 0.227 e. The summed E-state index contributed by atoms with van der Waals surface area (Å²) in [7, 11) is 0. The van der Waals surface area contributed by atoms with Gasteiger partial charge in [-0.15, -0.1) is 0 Å². The van der Waals surface area contributed by atoms with E-state index in [1.54, 1.807) is 24.4 Å². The fraction of sp³-hybridized carbons (Fsp3) is 0.333. The number of carbonyl (C=O) groups excluding carboxylic acids is 1. The zero-order valence-corrected chi connectivity index (χ0v) is 15.2. The number of aromatic nitrogens is 1. The molecule has 0 bridgehead atoms. The van der Waals surface area contributed by atoms with Crippen LogP contribution in [0.3, 0.4) is 0 Å². The van der Waals surface area contributed by atoms with Crippen molar-refractivity contribution in [1.82, 2.24) is 4.98 Å². The highest BCUT2D eigenvalue weighted by Gasteiger charge is 2.18. The first-order chi connectivity index (χ1) is 12.1. The van der Waals surface area contributed by atoms with Gasteiger partial charge in [0, 0.05) is 19.3 Å². The molecule has 2 heterocycles. The van der Waals surface area contributed by atoms with E-state index < -0.39 is 0 Å². The molecule has 2 aromatic rings. The summed E-state index contributed by atoms with van der Waals surface area (Å²) in [5.41, 5.74) is 0.732. The molecule has 1 aromatic heterocycles. The molecule has 0 aliphatic carbocycles. The number of halogens is 2. The molecule has 3 rings (SSSR count). The van der Waals surface area contributed by atoms with Gasteiger partial charge in [-0.3, -0.25) is 4.79 Å². The number of nitrogens with one attached hydrogen (secondary N) is 1. The van der Waals surface area contributed by atoms with Gasteiger partial charge >= 0.3 is 0 Å². The highest BCUT2D eigenvalue weighted by Crippen LogP contribution is 2.31. The van der Waals surface area contributed by atoms with Gasteiger partial charge in [-0.25, -0.2) is 4.98 Å². The van der Waals surface area contributed by atoms with Crippen LogP contribution in [0.5, 0.6) is 5.75 Å². The molecule has 25 heavy (non-hydrogen) atoms. The van der Waals surface area contributed by atoms with E-state index in [1.807, 2.05) is 12.1 Å². The average Bonchev–Trinajstić information content (AvgIpc) is 3.13. The fourth-order valence-electron chi connectivity index (χ4n) is 2.74. The molecule has 0 saturated carbocycles. The Morgan fingerprint density at radius 3 is 2.80 bits per heavy atom. The average molecular weight is 380 g/mol. The van der Waals surface area contributed by atoms with Crippen LogP contribution in [0.1, 0.15) is 19.3 Å². The van der Waals surface area contributed by atoms with Gasteiger partial charge in [0.2, 0.25) is 5.91 Å². The van der Waals surface area contributed by atoms with Crippen LogP contribution in [0.25, 0.3) is 0 Å². The van der Waals surface area contributed by atoms with Gasteiger partial charge in [0.1, 0.15) is 10.8 Å². The predicted octanol–water partition coefficient (Wildman–Crippen LogP) is 4.40. The number of hydrogen-bond acceptors (Lipinski definition) is 4. The first kappa shape index (κ1) is 17.8. The molecule has 5 nitrogen and oxygen atoms in total. The van der Waals surface area contributed by atoms with Crippen LogP contribution in [0.2, 0.25) is 10.0 Å². The minimum Gasteiger partial charge on any atom is -0.491 e. The number of carbonyl (C=O) groups is 1. The van der Waals surface area contributed by atoms with Crippen LogP contribution >= 0.6 is 23.2 Å². The molecule has 1 aliphatic rings. The zero-order chi connectivity index (χ0) is 17.6. The molecule has 1 N–H and O–H groups in total. The minimum absolute atomic E-state index is 0.133. The molecular weight excluding hydrogens is 361 g/mol. The Kier molecular flexibility index (Phi) is 6.00. The van der Waals surface area contributed by atoms with Crippen LogP contribution in [-0.2, 0) is 4.79 Å². The molecule has 1 fully saturated rings. The second kappa shape index (κ2) is 8.41. The van der Waals surface area contributed by atoms with Crippen molar-refractivity contribution in [1.29, 1.82) is 0 Å². The Hall–Kier alpha value is -1.98. The maximum atomic E-state index is 12.2. The van der Waals surface area contributed by atoms with Crippen molar-refractivity contribution in [3.63, 3.8) is 0 Å². The normalized spacial score (nSPS) is 13.8. The zero-order valence-electron chi connectivity index (χ0n) is 13.7. The maximum Gasteiger partial charge on any atom is 0.227 e. The third-order valence-electron chi connectivity index (χ3n) is 3.97. The Morgan fingerprint density at radius 1 is 1.20 bits per heavy atom. The van der Waals surface area contributed by atoms with Gasteiger partial charge in [0.25, 0.3) is 0 Å². The van der Waals surface area contributed by atoms with Crippen LogP contribution in [0.15, 0.2) is 36.5 Å².